The van der Waals surface area contributed by atoms with E-state index in [-0.39, 0.29) is 5.91 Å². The van der Waals surface area contributed by atoms with Crippen molar-refractivity contribution in [2.45, 2.75) is 13.5 Å². The van der Waals surface area contributed by atoms with Crippen molar-refractivity contribution in [3.05, 3.63) is 64.1 Å². The second-order valence-corrected chi connectivity index (χ2v) is 6.60. The number of imidazole rings is 1. The standard InChI is InChI=1S/C18H19N3OS/c1-13-8-11-23-16(13)12-21(3)18(22)15-7-5-4-6-14(15)17-19-9-10-20(17)2/h4-11H,12H2,1-3H3. The molecular weight excluding hydrogens is 306 g/mol. The maximum Gasteiger partial charge on any atom is 0.254 e. The van der Waals surface area contributed by atoms with Crippen LogP contribution >= 0.6 is 11.3 Å². The van der Waals surface area contributed by atoms with Crippen LogP contribution in [0, 0.1) is 6.92 Å². The lowest BCUT2D eigenvalue weighted by molar-refractivity contribution is 0.0787. The van der Waals surface area contributed by atoms with E-state index in [4.69, 9.17) is 0 Å². The van der Waals surface area contributed by atoms with E-state index < -0.39 is 0 Å². The van der Waals surface area contributed by atoms with Gasteiger partial charge in [0.25, 0.3) is 5.91 Å². The van der Waals surface area contributed by atoms with Crippen LogP contribution in [0.1, 0.15) is 20.8 Å². The van der Waals surface area contributed by atoms with Gasteiger partial charge in [-0.3, -0.25) is 4.79 Å². The number of hydrogen-bond donors (Lipinski definition) is 0. The third kappa shape index (κ3) is 3.05. The molecule has 0 aliphatic carbocycles. The molecule has 0 aliphatic rings. The Bertz CT molecular complexity index is 834. The Labute approximate surface area is 140 Å². The average molecular weight is 325 g/mol. The second kappa shape index (κ2) is 6.38. The molecule has 0 saturated carbocycles. The summed E-state index contributed by atoms with van der Waals surface area (Å²) in [7, 11) is 3.78. The summed E-state index contributed by atoms with van der Waals surface area (Å²) in [6.07, 6.45) is 3.63. The minimum absolute atomic E-state index is 0.0106. The monoisotopic (exact) mass is 325 g/mol. The molecule has 0 saturated heterocycles. The summed E-state index contributed by atoms with van der Waals surface area (Å²) in [6, 6.07) is 9.72. The zero-order valence-electron chi connectivity index (χ0n) is 13.5. The fraction of sp³-hybridized carbons (Fsp3) is 0.222. The lowest BCUT2D eigenvalue weighted by Crippen LogP contribution is -2.26. The number of benzene rings is 1. The first-order valence-corrected chi connectivity index (χ1v) is 8.31. The summed E-state index contributed by atoms with van der Waals surface area (Å²) in [5, 5.41) is 2.06. The average Bonchev–Trinajstić information content (AvgIpc) is 3.15. The van der Waals surface area contributed by atoms with E-state index in [9.17, 15) is 4.79 Å². The van der Waals surface area contributed by atoms with Gasteiger partial charge in [0.15, 0.2) is 0 Å². The Balaban J connectivity index is 1.91. The van der Waals surface area contributed by atoms with Gasteiger partial charge in [0.2, 0.25) is 0 Å². The van der Waals surface area contributed by atoms with Gasteiger partial charge in [-0.15, -0.1) is 11.3 Å². The van der Waals surface area contributed by atoms with Crippen molar-refractivity contribution in [3.63, 3.8) is 0 Å². The molecule has 118 valence electrons. The quantitative estimate of drug-likeness (QED) is 0.733. The maximum atomic E-state index is 12.9. The zero-order chi connectivity index (χ0) is 16.4. The largest absolute Gasteiger partial charge is 0.337 e. The molecule has 0 bridgehead atoms. The number of amides is 1. The van der Waals surface area contributed by atoms with Crippen LogP contribution in [0.3, 0.4) is 0 Å². The molecule has 2 aromatic heterocycles. The second-order valence-electron chi connectivity index (χ2n) is 5.60. The molecule has 0 radical (unpaired) electrons. The van der Waals surface area contributed by atoms with Crippen LogP contribution in [0.25, 0.3) is 11.4 Å². The molecule has 1 aromatic carbocycles. The van der Waals surface area contributed by atoms with Crippen LogP contribution in [0.2, 0.25) is 0 Å². The number of hydrogen-bond acceptors (Lipinski definition) is 3. The predicted molar refractivity (Wildman–Crippen MR) is 93.5 cm³/mol. The fourth-order valence-electron chi connectivity index (χ4n) is 2.55. The van der Waals surface area contributed by atoms with Gasteiger partial charge in [0, 0.05) is 36.9 Å². The van der Waals surface area contributed by atoms with Gasteiger partial charge in [-0.2, -0.15) is 0 Å². The third-order valence-electron chi connectivity index (χ3n) is 3.92. The van der Waals surface area contributed by atoms with Crippen molar-refractivity contribution in [2.24, 2.45) is 7.05 Å². The van der Waals surface area contributed by atoms with Crippen molar-refractivity contribution >= 4 is 17.2 Å². The van der Waals surface area contributed by atoms with Crippen LogP contribution in [-0.4, -0.2) is 27.4 Å². The Hall–Kier alpha value is -2.40. The Morgan fingerprint density at radius 2 is 2.09 bits per heavy atom. The van der Waals surface area contributed by atoms with E-state index in [2.05, 4.69) is 23.4 Å². The highest BCUT2D eigenvalue weighted by atomic mass is 32.1. The number of carbonyl (C=O) groups is 1. The van der Waals surface area contributed by atoms with E-state index in [1.54, 1.807) is 22.4 Å². The predicted octanol–water partition coefficient (Wildman–Crippen LogP) is 3.73. The highest BCUT2D eigenvalue weighted by Crippen LogP contribution is 2.24. The van der Waals surface area contributed by atoms with Crippen molar-refractivity contribution in [3.8, 4) is 11.4 Å². The molecule has 23 heavy (non-hydrogen) atoms. The normalized spacial score (nSPS) is 10.7. The van der Waals surface area contributed by atoms with Gasteiger partial charge in [0.1, 0.15) is 5.82 Å². The van der Waals surface area contributed by atoms with Crippen LogP contribution in [-0.2, 0) is 13.6 Å². The van der Waals surface area contributed by atoms with Gasteiger partial charge >= 0.3 is 0 Å². The minimum Gasteiger partial charge on any atom is -0.337 e. The van der Waals surface area contributed by atoms with Gasteiger partial charge < -0.3 is 9.47 Å². The molecule has 1 amide bonds. The smallest absolute Gasteiger partial charge is 0.254 e. The number of aryl methyl sites for hydroxylation is 2. The SMILES string of the molecule is Cc1ccsc1CN(C)C(=O)c1ccccc1-c1nccn1C. The molecule has 0 N–H and O–H groups in total. The fourth-order valence-corrected chi connectivity index (χ4v) is 3.51. The molecule has 0 unspecified atom stereocenters. The number of aromatic nitrogens is 2. The molecule has 3 aromatic rings. The van der Waals surface area contributed by atoms with Crippen molar-refractivity contribution < 1.29 is 4.79 Å². The van der Waals surface area contributed by atoms with Crippen LogP contribution < -0.4 is 0 Å². The Morgan fingerprint density at radius 1 is 1.30 bits per heavy atom. The van der Waals surface area contributed by atoms with Crippen LogP contribution in [0.5, 0.6) is 0 Å². The number of thiophene rings is 1. The maximum absolute atomic E-state index is 12.9. The first-order valence-electron chi connectivity index (χ1n) is 7.43. The van der Waals surface area contributed by atoms with Gasteiger partial charge in [0.05, 0.1) is 12.1 Å². The molecule has 5 heteroatoms. The summed E-state index contributed by atoms with van der Waals surface area (Å²) in [4.78, 5) is 20.3. The molecule has 0 fully saturated rings. The van der Waals surface area contributed by atoms with Gasteiger partial charge in [-0.05, 0) is 30.0 Å². The van der Waals surface area contributed by atoms with Gasteiger partial charge in [-0.25, -0.2) is 4.98 Å². The van der Waals surface area contributed by atoms with E-state index in [0.717, 1.165) is 11.4 Å². The highest BCUT2D eigenvalue weighted by molar-refractivity contribution is 7.10. The molecule has 4 nitrogen and oxygen atoms in total. The Morgan fingerprint density at radius 3 is 2.74 bits per heavy atom. The van der Waals surface area contributed by atoms with E-state index >= 15 is 0 Å². The lowest BCUT2D eigenvalue weighted by Gasteiger charge is -2.19. The van der Waals surface area contributed by atoms with E-state index in [1.807, 2.05) is 49.1 Å². The highest BCUT2D eigenvalue weighted by Gasteiger charge is 2.19. The molecule has 2 heterocycles. The molecule has 0 atom stereocenters. The van der Waals surface area contributed by atoms with Crippen LogP contribution in [0.15, 0.2) is 48.1 Å². The molecular formula is C18H19N3OS. The summed E-state index contributed by atoms with van der Waals surface area (Å²) in [5.74, 6) is 0.811. The van der Waals surface area contributed by atoms with E-state index in [0.29, 0.717) is 12.1 Å². The summed E-state index contributed by atoms with van der Waals surface area (Å²) >= 11 is 1.68. The Kier molecular flexibility index (Phi) is 4.30. The van der Waals surface area contributed by atoms with Crippen molar-refractivity contribution in [1.82, 2.24) is 14.5 Å². The first-order chi connectivity index (χ1) is 11.1. The topological polar surface area (TPSA) is 38.1 Å². The molecule has 0 aliphatic heterocycles. The number of carbonyl (C=O) groups excluding carboxylic acids is 1. The number of nitrogens with zero attached hydrogens (tertiary/aromatic N) is 3. The van der Waals surface area contributed by atoms with Crippen molar-refractivity contribution in [2.75, 3.05) is 7.05 Å². The first kappa shape index (κ1) is 15.5. The summed E-state index contributed by atoms with van der Waals surface area (Å²) < 4.78 is 1.93. The van der Waals surface area contributed by atoms with Crippen molar-refractivity contribution in [1.29, 1.82) is 0 Å². The van der Waals surface area contributed by atoms with E-state index in [1.165, 1.54) is 10.4 Å². The molecule has 3 rings (SSSR count). The minimum atomic E-state index is 0.0106. The number of rotatable bonds is 4. The zero-order valence-corrected chi connectivity index (χ0v) is 14.3. The van der Waals surface area contributed by atoms with Crippen LogP contribution in [0.4, 0.5) is 0 Å². The summed E-state index contributed by atoms with van der Waals surface area (Å²) in [5.41, 5.74) is 2.77. The third-order valence-corrected chi connectivity index (χ3v) is 4.92. The lowest BCUT2D eigenvalue weighted by atomic mass is 10.1. The van der Waals surface area contributed by atoms with Gasteiger partial charge in [-0.1, -0.05) is 18.2 Å². The summed E-state index contributed by atoms with van der Waals surface area (Å²) in [6.45, 7) is 2.70. The molecule has 0 spiro atoms.